The minimum Gasteiger partial charge on any atom is -0.490 e. The number of alkyl halides is 3. The summed E-state index contributed by atoms with van der Waals surface area (Å²) in [6.45, 7) is 0.513. The largest absolute Gasteiger partial charge is 0.490 e. The van der Waals surface area contributed by atoms with E-state index in [0.29, 0.717) is 5.56 Å². The number of benzene rings is 2. The monoisotopic (exact) mass is 519 g/mol. The first-order valence-corrected chi connectivity index (χ1v) is 11.2. The molecule has 0 atom stereocenters. The molecule has 37 heavy (non-hydrogen) atoms. The molecule has 192 valence electrons. The second-order valence-corrected chi connectivity index (χ2v) is 8.77. The van der Waals surface area contributed by atoms with Crippen LogP contribution in [0.3, 0.4) is 0 Å². The van der Waals surface area contributed by atoms with Crippen LogP contribution in [0.2, 0.25) is 0 Å². The van der Waals surface area contributed by atoms with E-state index < -0.39 is 29.5 Å². The number of ether oxygens (including phenoxy) is 2. The van der Waals surface area contributed by atoms with Crippen LogP contribution in [0, 0.1) is 17.6 Å². The summed E-state index contributed by atoms with van der Waals surface area (Å²) in [5.74, 6) is -3.36. The molecule has 1 aromatic heterocycles. The molecule has 1 fully saturated rings. The molecule has 0 N–H and O–H groups in total. The predicted molar refractivity (Wildman–Crippen MR) is 118 cm³/mol. The highest BCUT2D eigenvalue weighted by molar-refractivity contribution is 5.96. The molecule has 3 heterocycles. The number of amides is 1. The molecule has 0 bridgehead atoms. The highest BCUT2D eigenvalue weighted by atomic mass is 19.4. The first kappa shape index (κ1) is 24.6. The van der Waals surface area contributed by atoms with Crippen molar-refractivity contribution in [1.29, 1.82) is 0 Å². The first-order chi connectivity index (χ1) is 17.6. The zero-order valence-corrected chi connectivity index (χ0v) is 19.0. The van der Waals surface area contributed by atoms with Crippen LogP contribution >= 0.6 is 0 Å². The quantitative estimate of drug-likeness (QED) is 0.473. The molecule has 7 nitrogen and oxygen atoms in total. The Balaban J connectivity index is 1.16. The van der Waals surface area contributed by atoms with Gasteiger partial charge in [-0.25, -0.2) is 18.7 Å². The van der Waals surface area contributed by atoms with Crippen LogP contribution in [0.4, 0.5) is 22.0 Å². The molecule has 2 aliphatic rings. The average Bonchev–Trinajstić information content (AvgIpc) is 2.83. The molecule has 1 saturated heterocycles. The van der Waals surface area contributed by atoms with Gasteiger partial charge in [-0.05, 0) is 23.8 Å². The second-order valence-electron chi connectivity index (χ2n) is 8.77. The number of carbonyl (C=O) groups excluding carboxylic acids is 2. The fraction of sp³-hybridized carbons (Fsp3) is 0.280. The number of nitrogens with zero attached hydrogens (tertiary/aromatic N) is 3. The zero-order valence-electron chi connectivity index (χ0n) is 19.0. The Labute approximate surface area is 206 Å². The van der Waals surface area contributed by atoms with Crippen LogP contribution in [0.25, 0.3) is 11.1 Å². The third-order valence-corrected chi connectivity index (χ3v) is 6.05. The van der Waals surface area contributed by atoms with Gasteiger partial charge in [0, 0.05) is 55.0 Å². The molecule has 3 aromatic rings. The maximum atomic E-state index is 14.5. The lowest BCUT2D eigenvalue weighted by Gasteiger charge is -2.39. The molecule has 0 unspecified atom stereocenters. The fourth-order valence-electron chi connectivity index (χ4n) is 4.10. The van der Waals surface area contributed by atoms with Crippen molar-refractivity contribution in [2.45, 2.75) is 12.6 Å². The minimum atomic E-state index is -4.67. The summed E-state index contributed by atoms with van der Waals surface area (Å²) >= 11 is 0. The molecule has 0 aliphatic carbocycles. The van der Waals surface area contributed by atoms with Crippen molar-refractivity contribution in [2.24, 2.45) is 5.92 Å². The molecule has 12 heteroatoms. The number of fused-ring (bicyclic) bond motifs is 1. The number of halogens is 5. The van der Waals surface area contributed by atoms with Crippen LogP contribution in [0.15, 0.2) is 42.7 Å². The number of ketones is 1. The van der Waals surface area contributed by atoms with Gasteiger partial charge in [-0.1, -0.05) is 6.07 Å². The van der Waals surface area contributed by atoms with E-state index in [9.17, 15) is 31.5 Å². The van der Waals surface area contributed by atoms with Gasteiger partial charge in [0.25, 0.3) is 5.91 Å². The van der Waals surface area contributed by atoms with Crippen molar-refractivity contribution in [3.05, 3.63) is 71.3 Å². The number of hydrogen-bond donors (Lipinski definition) is 0. The van der Waals surface area contributed by atoms with E-state index in [2.05, 4.69) is 9.97 Å². The molecule has 5 rings (SSSR count). The van der Waals surface area contributed by atoms with Gasteiger partial charge in [0.05, 0.1) is 12.2 Å². The summed E-state index contributed by atoms with van der Waals surface area (Å²) in [5, 5.41) is 0. The number of rotatable bonds is 5. The van der Waals surface area contributed by atoms with E-state index >= 15 is 0 Å². The van der Waals surface area contributed by atoms with Crippen molar-refractivity contribution in [3.8, 4) is 22.6 Å². The average molecular weight is 519 g/mol. The lowest BCUT2D eigenvalue weighted by molar-refractivity contribution is -0.145. The van der Waals surface area contributed by atoms with Gasteiger partial charge >= 0.3 is 6.18 Å². The van der Waals surface area contributed by atoms with Gasteiger partial charge in [0.15, 0.2) is 17.3 Å². The zero-order chi connectivity index (χ0) is 26.3. The predicted octanol–water partition coefficient (Wildman–Crippen LogP) is 4.10. The molecule has 0 spiro atoms. The fourth-order valence-corrected chi connectivity index (χ4v) is 4.10. The van der Waals surface area contributed by atoms with E-state index in [0.717, 1.165) is 24.5 Å². The molecule has 0 saturated carbocycles. The summed E-state index contributed by atoms with van der Waals surface area (Å²) in [6, 6.07) is 6.36. The van der Waals surface area contributed by atoms with Crippen LogP contribution in [0.1, 0.15) is 21.7 Å². The summed E-state index contributed by atoms with van der Waals surface area (Å²) in [5.41, 5.74) is 0.795. The van der Waals surface area contributed by atoms with Gasteiger partial charge in [-0.2, -0.15) is 13.2 Å². The highest BCUT2D eigenvalue weighted by Gasteiger charge is 2.35. The Bertz CT molecular complexity index is 1370. The highest BCUT2D eigenvalue weighted by Crippen LogP contribution is 2.31. The molecular formula is C25H18F5N3O4. The third-order valence-electron chi connectivity index (χ3n) is 6.05. The molecule has 2 aliphatic heterocycles. The van der Waals surface area contributed by atoms with Crippen molar-refractivity contribution >= 4 is 11.7 Å². The van der Waals surface area contributed by atoms with E-state index in [1.165, 1.54) is 23.1 Å². The first-order valence-electron chi connectivity index (χ1n) is 11.2. The Morgan fingerprint density at radius 2 is 1.78 bits per heavy atom. The van der Waals surface area contributed by atoms with E-state index in [1.54, 1.807) is 0 Å². The lowest BCUT2D eigenvalue weighted by Crippen LogP contribution is -2.52. The van der Waals surface area contributed by atoms with Gasteiger partial charge < -0.3 is 14.4 Å². The van der Waals surface area contributed by atoms with E-state index in [-0.39, 0.29) is 72.6 Å². The number of aromatic nitrogens is 2. The Morgan fingerprint density at radius 1 is 1.05 bits per heavy atom. The number of hydrogen-bond acceptors (Lipinski definition) is 6. The van der Waals surface area contributed by atoms with Crippen LogP contribution in [-0.4, -0.2) is 52.9 Å². The van der Waals surface area contributed by atoms with Gasteiger partial charge in [0.1, 0.15) is 18.2 Å². The molecule has 1 amide bonds. The molecule has 0 radical (unpaired) electrons. The smallest absolute Gasteiger partial charge is 0.451 e. The Morgan fingerprint density at radius 3 is 2.46 bits per heavy atom. The van der Waals surface area contributed by atoms with Crippen molar-refractivity contribution in [3.63, 3.8) is 0 Å². The number of carbonyl (C=O) groups is 2. The summed E-state index contributed by atoms with van der Waals surface area (Å²) in [4.78, 5) is 32.3. The minimum absolute atomic E-state index is 0.0632. The van der Waals surface area contributed by atoms with E-state index in [4.69, 9.17) is 9.47 Å². The van der Waals surface area contributed by atoms with Crippen LogP contribution in [-0.2, 0) is 17.4 Å². The van der Waals surface area contributed by atoms with Crippen molar-refractivity contribution in [1.82, 2.24) is 14.9 Å². The normalized spacial score (nSPS) is 15.6. The third kappa shape index (κ3) is 5.09. The van der Waals surface area contributed by atoms with Crippen molar-refractivity contribution in [2.75, 3.05) is 26.3 Å². The molecule has 2 aromatic carbocycles. The van der Waals surface area contributed by atoms with Gasteiger partial charge in [-0.3, -0.25) is 9.59 Å². The lowest BCUT2D eigenvalue weighted by atomic mass is 9.97. The Hall–Kier alpha value is -4.09. The maximum Gasteiger partial charge on any atom is 0.451 e. The summed E-state index contributed by atoms with van der Waals surface area (Å²) in [6.07, 6.45) is -2.68. The number of likely N-dealkylation sites (tertiary alicyclic amines) is 1. The summed E-state index contributed by atoms with van der Waals surface area (Å²) < 4.78 is 77.5. The topological polar surface area (TPSA) is 81.6 Å². The Kier molecular flexibility index (Phi) is 6.26. The van der Waals surface area contributed by atoms with Gasteiger partial charge in [0.2, 0.25) is 5.82 Å². The van der Waals surface area contributed by atoms with Crippen LogP contribution in [0.5, 0.6) is 11.5 Å². The summed E-state index contributed by atoms with van der Waals surface area (Å²) in [7, 11) is 0. The number of Topliss-reactive ketones (excluding diaryl/α,β-unsaturated/α-hetero) is 1. The van der Waals surface area contributed by atoms with E-state index in [1.807, 2.05) is 0 Å². The second kappa shape index (κ2) is 9.41. The van der Waals surface area contributed by atoms with Gasteiger partial charge in [-0.15, -0.1) is 0 Å². The van der Waals surface area contributed by atoms with Crippen molar-refractivity contribution < 1.29 is 41.0 Å². The van der Waals surface area contributed by atoms with Crippen LogP contribution < -0.4 is 9.47 Å². The maximum absolute atomic E-state index is 14.5. The molecular weight excluding hydrogens is 501 g/mol. The standard InChI is InChI=1S/C25H18F5N3O4/c26-19-6-22-15(3-17(34)12-37-22)4-18(19)23(35)33-9-13(10-33)11-36-21-2-1-14(5-20(21)27)16-7-31-24(32-8-16)25(28,29)30/h1-2,4-8,13H,3,9-12H2. The SMILES string of the molecule is O=C1COc2cc(F)c(C(=O)N3CC(COc4ccc(-c5cnc(C(F)(F)F)nc5)cc4F)C3)cc2C1.